The third-order valence-electron chi connectivity index (χ3n) is 8.53. The molecule has 0 fully saturated rings. The average molecular weight is 715 g/mol. The Bertz CT molecular complexity index is 1230. The zero-order chi connectivity index (χ0) is 36.1. The predicted molar refractivity (Wildman–Crippen MR) is 207 cm³/mol. The lowest BCUT2D eigenvalue weighted by Crippen LogP contribution is -2.23. The van der Waals surface area contributed by atoms with E-state index in [-0.39, 0.29) is 12.1 Å². The van der Waals surface area contributed by atoms with Crippen LogP contribution in [-0.4, -0.2) is 36.9 Å². The third kappa shape index (κ3) is 20.9. The highest BCUT2D eigenvalue weighted by atomic mass is 31.2. The van der Waals surface area contributed by atoms with Crippen molar-refractivity contribution >= 4 is 19.6 Å². The van der Waals surface area contributed by atoms with Gasteiger partial charge in [0, 0.05) is 24.4 Å². The minimum absolute atomic E-state index is 0.0222. The summed E-state index contributed by atoms with van der Waals surface area (Å²) in [4.78, 5) is 17.4. The standard InChI is InChI=1S/C41H67N2O6P/c1-5-9-11-12-13-14-15-16-17-18-19-20-21-23-41(44)43-37(29-32-50(45,48-7-3)49-8-4)33-36-24-26-39(27-25-36)47-35-38-34-40(28-30-42-38)46-31-22-10-6-2/h24-28,30,33-34H,5-23,29,31-32,35H2,1-4H3,(H,43,44)/b37-33+. The molecule has 1 N–H and O–H groups in total. The number of nitrogens with one attached hydrogen (secondary N) is 1. The summed E-state index contributed by atoms with van der Waals surface area (Å²) in [7, 11) is -3.26. The van der Waals surface area contributed by atoms with E-state index in [9.17, 15) is 9.36 Å². The molecule has 1 aromatic carbocycles. The second-order valence-electron chi connectivity index (χ2n) is 13.0. The maximum absolute atomic E-state index is 13.2. The fraction of sp³-hybridized carbons (Fsp3) is 0.659. The molecule has 0 bridgehead atoms. The number of amides is 1. The maximum Gasteiger partial charge on any atom is 0.331 e. The van der Waals surface area contributed by atoms with Crippen LogP contribution in [-0.2, 0) is 25.0 Å². The highest BCUT2D eigenvalue weighted by molar-refractivity contribution is 7.53. The number of rotatable bonds is 31. The molecular formula is C41H67N2O6P. The van der Waals surface area contributed by atoms with Gasteiger partial charge in [0.15, 0.2) is 0 Å². The number of carbonyl (C=O) groups excluding carboxylic acids is 1. The molecule has 0 saturated heterocycles. The fourth-order valence-corrected chi connectivity index (χ4v) is 7.35. The quantitative estimate of drug-likeness (QED) is 0.0613. The molecule has 0 unspecified atom stereocenters. The first-order chi connectivity index (χ1) is 24.4. The van der Waals surface area contributed by atoms with Crippen molar-refractivity contribution in [3.8, 4) is 11.5 Å². The van der Waals surface area contributed by atoms with Crippen LogP contribution < -0.4 is 14.8 Å². The van der Waals surface area contributed by atoms with Gasteiger partial charge in [-0.1, -0.05) is 116 Å². The van der Waals surface area contributed by atoms with E-state index < -0.39 is 7.60 Å². The van der Waals surface area contributed by atoms with Gasteiger partial charge in [-0.05, 0) is 62.9 Å². The molecule has 0 radical (unpaired) electrons. The summed E-state index contributed by atoms with van der Waals surface area (Å²) < 4.78 is 36.0. The molecular weight excluding hydrogens is 647 g/mol. The van der Waals surface area contributed by atoms with E-state index in [1.54, 1.807) is 20.0 Å². The van der Waals surface area contributed by atoms with Crippen molar-refractivity contribution in [3.05, 3.63) is 59.5 Å². The van der Waals surface area contributed by atoms with Gasteiger partial charge in [-0.15, -0.1) is 0 Å². The number of unbranched alkanes of at least 4 members (excludes halogenated alkanes) is 14. The molecule has 0 atom stereocenters. The van der Waals surface area contributed by atoms with Crippen LogP contribution in [0.2, 0.25) is 0 Å². The molecule has 0 spiro atoms. The summed E-state index contributed by atoms with van der Waals surface area (Å²) in [6.07, 6.45) is 24.5. The Morgan fingerprint density at radius 2 is 1.28 bits per heavy atom. The molecule has 0 aliphatic rings. The van der Waals surface area contributed by atoms with Crippen LogP contribution in [0.5, 0.6) is 11.5 Å². The van der Waals surface area contributed by atoms with Crippen molar-refractivity contribution in [1.82, 2.24) is 10.3 Å². The molecule has 0 saturated carbocycles. The van der Waals surface area contributed by atoms with Crippen molar-refractivity contribution in [2.75, 3.05) is 26.0 Å². The average Bonchev–Trinajstić information content (AvgIpc) is 3.11. The highest BCUT2D eigenvalue weighted by Gasteiger charge is 2.24. The molecule has 1 amide bonds. The Morgan fingerprint density at radius 1 is 0.700 bits per heavy atom. The van der Waals surface area contributed by atoms with Crippen LogP contribution >= 0.6 is 7.60 Å². The maximum atomic E-state index is 13.2. The summed E-state index contributed by atoms with van der Waals surface area (Å²) >= 11 is 0. The number of carbonyl (C=O) groups is 1. The highest BCUT2D eigenvalue weighted by Crippen LogP contribution is 2.49. The number of nitrogens with zero attached hydrogens (tertiary/aromatic N) is 1. The van der Waals surface area contributed by atoms with Gasteiger partial charge in [-0.3, -0.25) is 14.3 Å². The van der Waals surface area contributed by atoms with Crippen LogP contribution in [0.1, 0.15) is 155 Å². The van der Waals surface area contributed by atoms with Gasteiger partial charge < -0.3 is 23.8 Å². The molecule has 50 heavy (non-hydrogen) atoms. The second kappa shape index (κ2) is 28.0. The molecule has 2 rings (SSSR count). The first kappa shape index (κ1) is 43.5. The van der Waals surface area contributed by atoms with E-state index in [0.717, 1.165) is 49.1 Å². The minimum atomic E-state index is -3.26. The van der Waals surface area contributed by atoms with Gasteiger partial charge in [0.05, 0.1) is 31.7 Å². The molecule has 9 heteroatoms. The zero-order valence-corrected chi connectivity index (χ0v) is 32.6. The van der Waals surface area contributed by atoms with Gasteiger partial charge >= 0.3 is 7.60 Å². The van der Waals surface area contributed by atoms with Gasteiger partial charge in [0.1, 0.15) is 18.1 Å². The van der Waals surface area contributed by atoms with Crippen LogP contribution in [0.25, 0.3) is 6.08 Å². The molecule has 282 valence electrons. The topological polar surface area (TPSA) is 96.0 Å². The van der Waals surface area contributed by atoms with Crippen molar-refractivity contribution in [2.24, 2.45) is 0 Å². The SMILES string of the molecule is CCCCCCCCCCCCCCCC(=O)N/C(=C/c1ccc(OCc2cc(OCCCCC)ccn2)cc1)CCP(=O)(OCC)OCC. The van der Waals surface area contributed by atoms with Gasteiger partial charge in [0.2, 0.25) is 5.91 Å². The number of aromatic nitrogens is 1. The zero-order valence-electron chi connectivity index (χ0n) is 31.7. The lowest BCUT2D eigenvalue weighted by Gasteiger charge is -2.18. The Labute approximate surface area is 304 Å². The van der Waals surface area contributed by atoms with Crippen molar-refractivity contribution in [1.29, 1.82) is 0 Å². The summed E-state index contributed by atoms with van der Waals surface area (Å²) in [5, 5.41) is 3.09. The van der Waals surface area contributed by atoms with E-state index in [4.69, 9.17) is 18.5 Å². The van der Waals surface area contributed by atoms with E-state index in [1.165, 1.54) is 70.6 Å². The largest absolute Gasteiger partial charge is 0.493 e. The van der Waals surface area contributed by atoms with Crippen LogP contribution in [0.3, 0.4) is 0 Å². The summed E-state index contributed by atoms with van der Waals surface area (Å²) in [5.74, 6) is 1.49. The number of allylic oxidation sites excluding steroid dienone is 1. The smallest absolute Gasteiger partial charge is 0.331 e. The fourth-order valence-electron chi connectivity index (χ4n) is 5.72. The molecule has 1 aromatic heterocycles. The van der Waals surface area contributed by atoms with Gasteiger partial charge in [-0.2, -0.15) is 0 Å². The molecule has 2 aromatic rings. The third-order valence-corrected chi connectivity index (χ3v) is 10.6. The molecule has 8 nitrogen and oxygen atoms in total. The molecule has 1 heterocycles. The Hall–Kier alpha value is -2.67. The summed E-state index contributed by atoms with van der Waals surface area (Å²) in [6, 6.07) is 11.5. The van der Waals surface area contributed by atoms with E-state index in [1.807, 2.05) is 42.5 Å². The Kier molecular flexibility index (Phi) is 24.3. The lowest BCUT2D eigenvalue weighted by atomic mass is 10.0. The first-order valence-corrected chi connectivity index (χ1v) is 21.3. The van der Waals surface area contributed by atoms with E-state index in [2.05, 4.69) is 24.1 Å². The predicted octanol–water partition coefficient (Wildman–Crippen LogP) is 11.8. The van der Waals surface area contributed by atoms with Gasteiger partial charge in [0.25, 0.3) is 0 Å². The van der Waals surface area contributed by atoms with Crippen LogP contribution in [0, 0.1) is 0 Å². The number of hydrogen-bond acceptors (Lipinski definition) is 7. The second-order valence-corrected chi connectivity index (χ2v) is 15.2. The van der Waals surface area contributed by atoms with Crippen molar-refractivity contribution in [3.63, 3.8) is 0 Å². The monoisotopic (exact) mass is 714 g/mol. The molecule has 0 aliphatic heterocycles. The number of benzene rings is 1. The van der Waals surface area contributed by atoms with Crippen molar-refractivity contribution in [2.45, 2.75) is 150 Å². The van der Waals surface area contributed by atoms with E-state index >= 15 is 0 Å². The van der Waals surface area contributed by atoms with Crippen LogP contribution in [0.15, 0.2) is 48.3 Å². The van der Waals surface area contributed by atoms with Crippen LogP contribution in [0.4, 0.5) is 0 Å². The number of ether oxygens (including phenoxy) is 2. The minimum Gasteiger partial charge on any atom is -0.493 e. The lowest BCUT2D eigenvalue weighted by molar-refractivity contribution is -0.120. The van der Waals surface area contributed by atoms with E-state index in [0.29, 0.717) is 50.7 Å². The first-order valence-electron chi connectivity index (χ1n) is 19.6. The number of hydrogen-bond donors (Lipinski definition) is 1. The molecule has 0 aliphatic carbocycles. The van der Waals surface area contributed by atoms with Gasteiger partial charge in [-0.25, -0.2) is 0 Å². The normalized spacial score (nSPS) is 11.9. The number of pyridine rings is 1. The Morgan fingerprint density at radius 3 is 1.88 bits per heavy atom. The summed E-state index contributed by atoms with van der Waals surface area (Å²) in [6.45, 7) is 9.67. The van der Waals surface area contributed by atoms with Crippen molar-refractivity contribution < 1.29 is 27.9 Å². The summed E-state index contributed by atoms with van der Waals surface area (Å²) in [5.41, 5.74) is 2.39. The Balaban J connectivity index is 1.87.